The lowest BCUT2D eigenvalue weighted by Crippen LogP contribution is -2.36. The van der Waals surface area contributed by atoms with Gasteiger partial charge in [0.05, 0.1) is 18.9 Å². The predicted octanol–water partition coefficient (Wildman–Crippen LogP) is 3.61. The van der Waals surface area contributed by atoms with Crippen molar-refractivity contribution in [1.29, 1.82) is 0 Å². The maximum absolute atomic E-state index is 5.43. The first kappa shape index (κ1) is 16.1. The molecule has 1 aromatic heterocycles. The Morgan fingerprint density at radius 3 is 2.60 bits per heavy atom. The van der Waals surface area contributed by atoms with Crippen molar-refractivity contribution in [3.8, 4) is 5.69 Å². The molecule has 7 heteroatoms. The molecule has 2 aromatic carbocycles. The van der Waals surface area contributed by atoms with E-state index in [2.05, 4.69) is 48.4 Å². The Morgan fingerprint density at radius 2 is 1.80 bits per heavy atom. The normalized spacial score (nSPS) is 14.5. The number of nitrogens with zero attached hydrogens (tertiary/aromatic N) is 4. The third-order valence-electron chi connectivity index (χ3n) is 4.03. The zero-order chi connectivity index (χ0) is 17.1. The van der Waals surface area contributed by atoms with Crippen LogP contribution >= 0.6 is 15.9 Å². The lowest BCUT2D eigenvalue weighted by atomic mass is 10.2. The average molecular weight is 400 g/mol. The number of halogens is 1. The first-order chi connectivity index (χ1) is 12.3. The molecule has 0 spiro atoms. The van der Waals surface area contributed by atoms with Gasteiger partial charge in [-0.1, -0.05) is 34.1 Å². The topological polar surface area (TPSA) is 55.2 Å². The number of nitrogens with one attached hydrogen (secondary N) is 1. The van der Waals surface area contributed by atoms with Gasteiger partial charge in [0.15, 0.2) is 0 Å². The minimum atomic E-state index is 0.565. The maximum Gasteiger partial charge on any atom is 0.246 e. The van der Waals surface area contributed by atoms with E-state index < -0.39 is 0 Å². The lowest BCUT2D eigenvalue weighted by molar-refractivity contribution is 0.122. The Bertz CT molecular complexity index is 846. The molecule has 0 amide bonds. The van der Waals surface area contributed by atoms with Crippen LogP contribution in [0.2, 0.25) is 0 Å². The Morgan fingerprint density at radius 1 is 1.00 bits per heavy atom. The second-order valence-electron chi connectivity index (χ2n) is 5.77. The molecule has 0 bridgehead atoms. The molecule has 25 heavy (non-hydrogen) atoms. The highest BCUT2D eigenvalue weighted by atomic mass is 79.9. The number of anilines is 3. The standard InChI is InChI=1S/C18H18BrN5O/c19-14-10-15(12-17(11-14)23-6-8-25-9-7-23)21-18-20-13-24(22-18)16-4-2-1-3-5-16/h1-5,10-13H,6-9H2,(H,21,22). The molecule has 1 aliphatic rings. The van der Waals surface area contributed by atoms with Crippen LogP contribution < -0.4 is 10.2 Å². The van der Waals surface area contributed by atoms with Crippen LogP contribution in [-0.2, 0) is 4.74 Å². The van der Waals surface area contributed by atoms with E-state index in [1.54, 1.807) is 11.0 Å². The number of ether oxygens (including phenoxy) is 1. The van der Waals surface area contributed by atoms with Crippen LogP contribution in [0.1, 0.15) is 0 Å². The van der Waals surface area contributed by atoms with Crippen molar-refractivity contribution in [1.82, 2.24) is 14.8 Å². The van der Waals surface area contributed by atoms with Crippen molar-refractivity contribution in [2.75, 3.05) is 36.5 Å². The molecule has 4 rings (SSSR count). The summed E-state index contributed by atoms with van der Waals surface area (Å²) in [6.07, 6.45) is 1.71. The molecule has 128 valence electrons. The molecule has 1 aliphatic heterocycles. The highest BCUT2D eigenvalue weighted by molar-refractivity contribution is 9.10. The summed E-state index contributed by atoms with van der Waals surface area (Å²) in [6, 6.07) is 16.2. The minimum absolute atomic E-state index is 0.565. The fourth-order valence-corrected chi connectivity index (χ4v) is 3.29. The first-order valence-corrected chi connectivity index (χ1v) is 8.95. The Balaban J connectivity index is 1.54. The van der Waals surface area contributed by atoms with Crippen LogP contribution in [0.4, 0.5) is 17.3 Å². The summed E-state index contributed by atoms with van der Waals surface area (Å²) in [5, 5.41) is 7.78. The molecule has 6 nitrogen and oxygen atoms in total. The van der Waals surface area contributed by atoms with Gasteiger partial charge in [-0.3, -0.25) is 0 Å². The van der Waals surface area contributed by atoms with Crippen LogP contribution in [0.5, 0.6) is 0 Å². The van der Waals surface area contributed by atoms with Gasteiger partial charge in [-0.15, -0.1) is 5.10 Å². The maximum atomic E-state index is 5.43. The minimum Gasteiger partial charge on any atom is -0.378 e. The lowest BCUT2D eigenvalue weighted by Gasteiger charge is -2.29. The monoisotopic (exact) mass is 399 g/mol. The molecule has 1 fully saturated rings. The Kier molecular flexibility index (Phi) is 4.67. The smallest absolute Gasteiger partial charge is 0.246 e. The predicted molar refractivity (Wildman–Crippen MR) is 102 cm³/mol. The summed E-state index contributed by atoms with van der Waals surface area (Å²) < 4.78 is 8.20. The largest absolute Gasteiger partial charge is 0.378 e. The number of rotatable bonds is 4. The number of hydrogen-bond donors (Lipinski definition) is 1. The number of para-hydroxylation sites is 1. The van der Waals surface area contributed by atoms with Gasteiger partial charge >= 0.3 is 0 Å². The van der Waals surface area contributed by atoms with Crippen LogP contribution in [-0.4, -0.2) is 41.1 Å². The molecule has 0 aliphatic carbocycles. The van der Waals surface area contributed by atoms with E-state index in [0.29, 0.717) is 5.95 Å². The number of aromatic nitrogens is 3. The van der Waals surface area contributed by atoms with Crippen molar-refractivity contribution in [2.24, 2.45) is 0 Å². The van der Waals surface area contributed by atoms with Gasteiger partial charge < -0.3 is 15.0 Å². The number of benzene rings is 2. The van der Waals surface area contributed by atoms with E-state index in [-0.39, 0.29) is 0 Å². The van der Waals surface area contributed by atoms with Gasteiger partial charge in [0.2, 0.25) is 5.95 Å². The highest BCUT2D eigenvalue weighted by Crippen LogP contribution is 2.27. The number of hydrogen-bond acceptors (Lipinski definition) is 5. The van der Waals surface area contributed by atoms with E-state index in [1.807, 2.05) is 36.4 Å². The quantitative estimate of drug-likeness (QED) is 0.725. The van der Waals surface area contributed by atoms with Gasteiger partial charge in [0.1, 0.15) is 6.33 Å². The molecule has 0 radical (unpaired) electrons. The highest BCUT2D eigenvalue weighted by Gasteiger charge is 2.13. The van der Waals surface area contributed by atoms with Gasteiger partial charge in [0.25, 0.3) is 0 Å². The molecule has 0 unspecified atom stereocenters. The van der Waals surface area contributed by atoms with E-state index in [4.69, 9.17) is 4.74 Å². The summed E-state index contributed by atoms with van der Waals surface area (Å²) in [7, 11) is 0. The Labute approximate surface area is 154 Å². The van der Waals surface area contributed by atoms with E-state index >= 15 is 0 Å². The molecular weight excluding hydrogens is 382 g/mol. The molecular formula is C18H18BrN5O. The second kappa shape index (κ2) is 7.25. The molecule has 0 saturated carbocycles. The summed E-state index contributed by atoms with van der Waals surface area (Å²) in [5.74, 6) is 0.565. The third-order valence-corrected chi connectivity index (χ3v) is 4.49. The summed E-state index contributed by atoms with van der Waals surface area (Å²) in [6.45, 7) is 3.32. The average Bonchev–Trinajstić information content (AvgIpc) is 3.11. The second-order valence-corrected chi connectivity index (χ2v) is 6.69. The first-order valence-electron chi connectivity index (χ1n) is 8.15. The zero-order valence-electron chi connectivity index (χ0n) is 13.6. The summed E-state index contributed by atoms with van der Waals surface area (Å²) >= 11 is 3.59. The molecule has 0 atom stereocenters. The van der Waals surface area contributed by atoms with Crippen LogP contribution in [0.3, 0.4) is 0 Å². The molecule has 3 aromatic rings. The number of morpholine rings is 1. The van der Waals surface area contributed by atoms with Crippen LogP contribution in [0.25, 0.3) is 5.69 Å². The fourth-order valence-electron chi connectivity index (χ4n) is 2.81. The van der Waals surface area contributed by atoms with Crippen molar-refractivity contribution in [3.05, 3.63) is 59.3 Å². The van der Waals surface area contributed by atoms with Crippen LogP contribution in [0, 0.1) is 0 Å². The third kappa shape index (κ3) is 3.83. The molecule has 1 N–H and O–H groups in total. The van der Waals surface area contributed by atoms with Gasteiger partial charge in [-0.25, -0.2) is 4.68 Å². The summed E-state index contributed by atoms with van der Waals surface area (Å²) in [5.41, 5.74) is 3.08. The van der Waals surface area contributed by atoms with E-state index in [9.17, 15) is 0 Å². The van der Waals surface area contributed by atoms with Crippen molar-refractivity contribution < 1.29 is 4.74 Å². The fraction of sp³-hybridized carbons (Fsp3) is 0.222. The Hall–Kier alpha value is -2.38. The van der Waals surface area contributed by atoms with Crippen molar-refractivity contribution >= 4 is 33.3 Å². The summed E-state index contributed by atoms with van der Waals surface area (Å²) in [4.78, 5) is 6.67. The van der Waals surface area contributed by atoms with Gasteiger partial charge in [-0.2, -0.15) is 4.98 Å². The molecule has 1 saturated heterocycles. The van der Waals surface area contributed by atoms with Crippen LogP contribution in [0.15, 0.2) is 59.3 Å². The van der Waals surface area contributed by atoms with E-state index in [1.165, 1.54) is 0 Å². The van der Waals surface area contributed by atoms with Gasteiger partial charge in [-0.05, 0) is 30.3 Å². The zero-order valence-corrected chi connectivity index (χ0v) is 15.2. The molecule has 2 heterocycles. The van der Waals surface area contributed by atoms with Gasteiger partial charge in [0, 0.05) is 28.9 Å². The van der Waals surface area contributed by atoms with E-state index in [0.717, 1.165) is 47.8 Å². The van der Waals surface area contributed by atoms with Crippen molar-refractivity contribution in [2.45, 2.75) is 0 Å². The van der Waals surface area contributed by atoms with Crippen molar-refractivity contribution in [3.63, 3.8) is 0 Å². The SMILES string of the molecule is Brc1cc(Nc2ncn(-c3ccccc3)n2)cc(N2CCOCC2)c1.